The lowest BCUT2D eigenvalue weighted by atomic mass is 10.1. The highest BCUT2D eigenvalue weighted by Crippen LogP contribution is 2.19. The van der Waals surface area contributed by atoms with Crippen molar-refractivity contribution in [1.82, 2.24) is 14.6 Å². The number of anilines is 1. The van der Waals surface area contributed by atoms with Crippen molar-refractivity contribution in [3.05, 3.63) is 24.2 Å². The smallest absolute Gasteiger partial charge is 0.152 e. The largest absolute Gasteiger partial charge is 0.393 e. The molecule has 2 rings (SSSR count). The van der Waals surface area contributed by atoms with Gasteiger partial charge in [0, 0.05) is 18.9 Å². The Morgan fingerprint density at radius 2 is 2.17 bits per heavy atom. The van der Waals surface area contributed by atoms with E-state index in [0.29, 0.717) is 18.9 Å². The highest BCUT2D eigenvalue weighted by Gasteiger charge is 2.09. The van der Waals surface area contributed by atoms with Gasteiger partial charge in [-0.25, -0.2) is 9.50 Å². The molecule has 0 saturated heterocycles. The van der Waals surface area contributed by atoms with Gasteiger partial charge in [0.25, 0.3) is 0 Å². The second-order valence-corrected chi connectivity index (χ2v) is 4.89. The molecular weight excluding hydrogens is 228 g/mol. The molecule has 0 aliphatic heterocycles. The normalized spacial score (nSPS) is 13.2. The van der Waals surface area contributed by atoms with E-state index >= 15 is 0 Å². The summed E-state index contributed by atoms with van der Waals surface area (Å²) < 4.78 is 1.84. The third-order valence-electron chi connectivity index (χ3n) is 2.85. The molecule has 1 atom stereocenters. The Hall–Kier alpha value is -1.62. The van der Waals surface area contributed by atoms with Crippen LogP contribution in [0.1, 0.15) is 38.8 Å². The van der Waals surface area contributed by atoms with Crippen molar-refractivity contribution in [3.8, 4) is 0 Å². The number of hydrogen-bond donors (Lipinski definition) is 2. The number of aromatic nitrogens is 3. The Bertz CT molecular complexity index is 519. The molecule has 2 heterocycles. The van der Waals surface area contributed by atoms with Gasteiger partial charge in [0.05, 0.1) is 11.8 Å². The van der Waals surface area contributed by atoms with Gasteiger partial charge in [0.1, 0.15) is 5.52 Å². The van der Waals surface area contributed by atoms with Crippen LogP contribution in [0, 0.1) is 0 Å². The first-order valence-corrected chi connectivity index (χ1v) is 6.34. The average molecular weight is 248 g/mol. The summed E-state index contributed by atoms with van der Waals surface area (Å²) in [5, 5.41) is 17.0. The maximum atomic E-state index is 9.24. The molecular formula is C13H20N4O. The molecule has 0 aliphatic carbocycles. The van der Waals surface area contributed by atoms with Gasteiger partial charge in [0.15, 0.2) is 5.82 Å². The predicted octanol–water partition coefficient (Wildman–Crippen LogP) is 2.04. The zero-order valence-corrected chi connectivity index (χ0v) is 11.1. The Morgan fingerprint density at radius 3 is 2.83 bits per heavy atom. The van der Waals surface area contributed by atoms with Crippen LogP contribution in [-0.4, -0.2) is 32.4 Å². The standard InChI is InChI=1S/C13H20N4O/c1-9(2)11-8-12-13(14-5-4-10(3)18)15-6-7-17(12)16-11/h6-10,18H,4-5H2,1-3H3,(H,14,15). The van der Waals surface area contributed by atoms with E-state index in [1.54, 1.807) is 13.1 Å². The van der Waals surface area contributed by atoms with Gasteiger partial charge < -0.3 is 10.4 Å². The summed E-state index contributed by atoms with van der Waals surface area (Å²) in [5.74, 6) is 1.22. The second kappa shape index (κ2) is 5.35. The molecule has 0 aliphatic rings. The van der Waals surface area contributed by atoms with E-state index in [4.69, 9.17) is 0 Å². The van der Waals surface area contributed by atoms with Crippen LogP contribution in [0.15, 0.2) is 18.5 Å². The predicted molar refractivity (Wildman–Crippen MR) is 71.9 cm³/mol. The minimum Gasteiger partial charge on any atom is -0.393 e. The van der Waals surface area contributed by atoms with Gasteiger partial charge in [-0.1, -0.05) is 13.8 Å². The summed E-state index contributed by atoms with van der Waals surface area (Å²) in [6, 6.07) is 2.06. The zero-order valence-electron chi connectivity index (χ0n) is 11.1. The maximum absolute atomic E-state index is 9.24. The molecule has 0 amide bonds. The van der Waals surface area contributed by atoms with Crippen molar-refractivity contribution in [1.29, 1.82) is 0 Å². The van der Waals surface area contributed by atoms with Crippen LogP contribution in [-0.2, 0) is 0 Å². The Balaban J connectivity index is 2.22. The van der Waals surface area contributed by atoms with E-state index < -0.39 is 0 Å². The van der Waals surface area contributed by atoms with Crippen molar-refractivity contribution in [3.63, 3.8) is 0 Å². The number of aliphatic hydroxyl groups is 1. The van der Waals surface area contributed by atoms with Crippen LogP contribution < -0.4 is 5.32 Å². The first-order valence-electron chi connectivity index (χ1n) is 6.34. The number of nitrogens with one attached hydrogen (secondary N) is 1. The SMILES string of the molecule is CC(O)CCNc1nccn2nc(C(C)C)cc12. The molecule has 0 fully saturated rings. The minimum absolute atomic E-state index is 0.298. The van der Waals surface area contributed by atoms with Crippen molar-refractivity contribution < 1.29 is 5.11 Å². The lowest BCUT2D eigenvalue weighted by Gasteiger charge is -2.07. The summed E-state index contributed by atoms with van der Waals surface area (Å²) in [4.78, 5) is 4.32. The van der Waals surface area contributed by atoms with Gasteiger partial charge in [-0.3, -0.25) is 0 Å². The highest BCUT2D eigenvalue weighted by molar-refractivity contribution is 5.67. The Kier molecular flexibility index (Phi) is 3.81. The molecule has 0 bridgehead atoms. The quantitative estimate of drug-likeness (QED) is 0.850. The topological polar surface area (TPSA) is 62.5 Å². The van der Waals surface area contributed by atoms with Crippen LogP contribution in [0.25, 0.3) is 5.52 Å². The fraction of sp³-hybridized carbons (Fsp3) is 0.538. The molecule has 98 valence electrons. The molecule has 0 saturated carbocycles. The number of aliphatic hydroxyl groups excluding tert-OH is 1. The third-order valence-corrected chi connectivity index (χ3v) is 2.85. The summed E-state index contributed by atoms with van der Waals surface area (Å²) in [6.07, 6.45) is 3.98. The molecule has 18 heavy (non-hydrogen) atoms. The van der Waals surface area contributed by atoms with Gasteiger partial charge in [-0.15, -0.1) is 0 Å². The summed E-state index contributed by atoms with van der Waals surface area (Å²) in [7, 11) is 0. The Morgan fingerprint density at radius 1 is 1.39 bits per heavy atom. The number of hydrogen-bond acceptors (Lipinski definition) is 4. The van der Waals surface area contributed by atoms with Crippen LogP contribution >= 0.6 is 0 Å². The molecule has 2 aromatic heterocycles. The summed E-state index contributed by atoms with van der Waals surface area (Å²) in [5.41, 5.74) is 2.04. The summed E-state index contributed by atoms with van der Waals surface area (Å²) >= 11 is 0. The molecule has 0 aromatic carbocycles. The summed E-state index contributed by atoms with van der Waals surface area (Å²) in [6.45, 7) is 6.73. The maximum Gasteiger partial charge on any atom is 0.152 e. The zero-order chi connectivity index (χ0) is 13.1. The van der Waals surface area contributed by atoms with Gasteiger partial charge >= 0.3 is 0 Å². The lowest BCUT2D eigenvalue weighted by Crippen LogP contribution is -2.11. The first kappa shape index (κ1) is 12.8. The van der Waals surface area contributed by atoms with Crippen LogP contribution in [0.4, 0.5) is 5.82 Å². The molecule has 0 spiro atoms. The van der Waals surface area contributed by atoms with Crippen molar-refractivity contribution >= 4 is 11.3 Å². The fourth-order valence-electron chi connectivity index (χ4n) is 1.76. The van der Waals surface area contributed by atoms with Gasteiger partial charge in [-0.05, 0) is 25.3 Å². The molecule has 5 nitrogen and oxygen atoms in total. The van der Waals surface area contributed by atoms with Crippen molar-refractivity contribution in [2.75, 3.05) is 11.9 Å². The van der Waals surface area contributed by atoms with E-state index in [-0.39, 0.29) is 6.10 Å². The number of fused-ring (bicyclic) bond motifs is 1. The number of rotatable bonds is 5. The van der Waals surface area contributed by atoms with Crippen molar-refractivity contribution in [2.24, 2.45) is 0 Å². The first-order chi connectivity index (χ1) is 8.58. The molecule has 5 heteroatoms. The fourth-order valence-corrected chi connectivity index (χ4v) is 1.76. The van der Waals surface area contributed by atoms with E-state index in [1.807, 2.05) is 10.7 Å². The van der Waals surface area contributed by atoms with E-state index in [0.717, 1.165) is 17.0 Å². The minimum atomic E-state index is -0.298. The molecule has 2 aromatic rings. The van der Waals surface area contributed by atoms with Gasteiger partial charge in [0.2, 0.25) is 0 Å². The second-order valence-electron chi connectivity index (χ2n) is 4.89. The van der Waals surface area contributed by atoms with E-state index in [1.165, 1.54) is 0 Å². The van der Waals surface area contributed by atoms with E-state index in [9.17, 15) is 5.11 Å². The van der Waals surface area contributed by atoms with Crippen LogP contribution in [0.3, 0.4) is 0 Å². The number of nitrogens with zero attached hydrogens (tertiary/aromatic N) is 3. The van der Waals surface area contributed by atoms with Crippen LogP contribution in [0.2, 0.25) is 0 Å². The van der Waals surface area contributed by atoms with E-state index in [2.05, 4.69) is 35.3 Å². The third kappa shape index (κ3) is 2.79. The average Bonchev–Trinajstić information content (AvgIpc) is 2.73. The van der Waals surface area contributed by atoms with Gasteiger partial charge in [-0.2, -0.15) is 5.10 Å². The lowest BCUT2D eigenvalue weighted by molar-refractivity contribution is 0.188. The molecule has 1 unspecified atom stereocenters. The van der Waals surface area contributed by atoms with Crippen LogP contribution in [0.5, 0.6) is 0 Å². The monoisotopic (exact) mass is 248 g/mol. The molecule has 0 radical (unpaired) electrons. The Labute approximate surface area is 107 Å². The highest BCUT2D eigenvalue weighted by atomic mass is 16.3. The molecule has 2 N–H and O–H groups in total. The van der Waals surface area contributed by atoms with Crippen molar-refractivity contribution in [2.45, 2.75) is 39.2 Å².